The van der Waals surface area contributed by atoms with Gasteiger partial charge >= 0.3 is 20.4 Å². The summed E-state index contributed by atoms with van der Waals surface area (Å²) in [6, 6.07) is 18.0. The molecule has 0 saturated heterocycles. The van der Waals surface area contributed by atoms with Crippen molar-refractivity contribution in [2.45, 2.75) is 279 Å². The molecular formula is C63H104N2Pd. The molecule has 1 heterocycles. The van der Waals surface area contributed by atoms with E-state index in [1.807, 2.05) is 13.8 Å². The maximum Gasteiger partial charge on any atom is 2.00 e. The molecule has 0 amide bonds. The fourth-order valence-electron chi connectivity index (χ4n) is 8.98. The third-order valence-corrected chi connectivity index (χ3v) is 12.7. The summed E-state index contributed by atoms with van der Waals surface area (Å²) in [4.78, 5) is 0. The SMILES string of the molecule is CCCCCCCCCCCCCCCCCCCCCC#CC1=C(c2cccc(CCCCCC)c2)[N+](=[N-])C(c2cccc(CCCCCC)c2)=C1CCCCCC.[CH2-]CC.[CH2-]CC.[Pd+2]. The summed E-state index contributed by atoms with van der Waals surface area (Å²) >= 11 is 0. The third kappa shape index (κ3) is 30.3. The molecule has 0 N–H and O–H groups in total. The topological polar surface area (TPSA) is 25.3 Å². The predicted octanol–water partition coefficient (Wildman–Crippen LogP) is 21.4. The molecule has 1 aliphatic heterocycles. The molecule has 3 heteroatoms. The molecule has 0 fully saturated rings. The van der Waals surface area contributed by atoms with Crippen molar-refractivity contribution >= 4 is 11.4 Å². The summed E-state index contributed by atoms with van der Waals surface area (Å²) in [6.07, 6.45) is 47.5. The van der Waals surface area contributed by atoms with Crippen molar-refractivity contribution in [3.63, 3.8) is 0 Å². The van der Waals surface area contributed by atoms with Gasteiger partial charge in [-0.1, -0.05) is 251 Å². The van der Waals surface area contributed by atoms with Crippen LogP contribution in [0.15, 0.2) is 59.7 Å². The van der Waals surface area contributed by atoms with E-state index < -0.39 is 0 Å². The smallest absolute Gasteiger partial charge is 0.493 e. The summed E-state index contributed by atoms with van der Waals surface area (Å²) in [5.74, 6) is 7.36. The Morgan fingerprint density at radius 1 is 0.424 bits per heavy atom. The Morgan fingerprint density at radius 3 is 1.12 bits per heavy atom. The van der Waals surface area contributed by atoms with Gasteiger partial charge in [-0.3, -0.25) is 0 Å². The van der Waals surface area contributed by atoms with Gasteiger partial charge in [-0.05, 0) is 80.3 Å². The summed E-state index contributed by atoms with van der Waals surface area (Å²) in [7, 11) is 0. The number of allylic oxidation sites excluding steroid dienone is 2. The van der Waals surface area contributed by atoms with Crippen molar-refractivity contribution in [3.05, 3.63) is 101 Å². The molecule has 0 unspecified atom stereocenters. The standard InChI is InChI=1S/C57H90N2.2C3H7.Pd/c1-5-9-13-17-18-19-20-21-22-23-24-25-26-27-28-29-30-31-32-33-37-47-55-54(46-36-16-12-8-4)56(52-44-38-42-50(48-52)40-34-14-10-6-2)59(58)57(55)53-45-39-43-51(49-53)41-35-15-11-7-3;2*1-3-2;/h38-39,42-45,48-49H,5-36,40-41,46H2,1-4H3;2*1,3H2,2H3;/q;2*-1;+2. The van der Waals surface area contributed by atoms with Crippen LogP contribution in [0.5, 0.6) is 0 Å². The zero-order valence-corrected chi connectivity index (χ0v) is 46.0. The Labute approximate surface area is 426 Å². The second kappa shape index (κ2) is 46.5. The molecule has 0 atom stereocenters. The molecule has 1 aliphatic rings. The molecule has 0 aromatic heterocycles. The zero-order valence-electron chi connectivity index (χ0n) is 44.4. The van der Waals surface area contributed by atoms with Gasteiger partial charge in [-0.25, -0.2) is 4.70 Å². The maximum atomic E-state index is 12.3. The maximum absolute atomic E-state index is 12.3. The first-order valence-electron chi connectivity index (χ1n) is 28.2. The summed E-state index contributed by atoms with van der Waals surface area (Å²) < 4.78 is 1.53. The molecule has 2 nitrogen and oxygen atoms in total. The second-order valence-electron chi connectivity index (χ2n) is 19.1. The van der Waals surface area contributed by atoms with Crippen LogP contribution in [-0.2, 0) is 33.3 Å². The van der Waals surface area contributed by atoms with Crippen LogP contribution >= 0.6 is 0 Å². The van der Waals surface area contributed by atoms with E-state index in [9.17, 15) is 5.53 Å². The van der Waals surface area contributed by atoms with Gasteiger partial charge in [-0.2, -0.15) is 12.8 Å². The minimum Gasteiger partial charge on any atom is -0.493 e. The predicted molar refractivity (Wildman–Crippen MR) is 292 cm³/mol. The van der Waals surface area contributed by atoms with E-state index in [1.165, 1.54) is 208 Å². The van der Waals surface area contributed by atoms with Crippen molar-refractivity contribution in [2.75, 3.05) is 0 Å². The van der Waals surface area contributed by atoms with Crippen LogP contribution in [0.2, 0.25) is 0 Å². The van der Waals surface area contributed by atoms with Crippen LogP contribution in [0.3, 0.4) is 0 Å². The summed E-state index contributed by atoms with van der Waals surface area (Å²) in [6.45, 7) is 20.1. The zero-order chi connectivity index (χ0) is 47.4. The monoisotopic (exact) mass is 995 g/mol. The molecule has 376 valence electrons. The molecule has 2 aromatic carbocycles. The Kier molecular flexibility index (Phi) is 44.9. The Morgan fingerprint density at radius 2 is 0.742 bits per heavy atom. The van der Waals surface area contributed by atoms with E-state index in [0.29, 0.717) is 0 Å². The second-order valence-corrected chi connectivity index (χ2v) is 19.1. The average Bonchev–Trinajstić information content (AvgIpc) is 3.59. The first-order valence-corrected chi connectivity index (χ1v) is 28.2. The fraction of sp³-hybridized carbons (Fsp3) is 0.683. The Hall–Kier alpha value is -2.26. The molecule has 0 bridgehead atoms. The largest absolute Gasteiger partial charge is 2.00 e. The summed E-state index contributed by atoms with van der Waals surface area (Å²) in [5.41, 5.74) is 21.3. The van der Waals surface area contributed by atoms with Gasteiger partial charge in [0.15, 0.2) is 0 Å². The molecule has 0 saturated carbocycles. The van der Waals surface area contributed by atoms with E-state index in [0.717, 1.165) is 79.5 Å². The number of nitrogens with zero attached hydrogens (tertiary/aromatic N) is 2. The van der Waals surface area contributed by atoms with Crippen LogP contribution in [0.4, 0.5) is 0 Å². The van der Waals surface area contributed by atoms with E-state index in [-0.39, 0.29) is 20.4 Å². The molecule has 66 heavy (non-hydrogen) atoms. The van der Waals surface area contributed by atoms with Gasteiger partial charge in [0.25, 0.3) is 0 Å². The van der Waals surface area contributed by atoms with E-state index in [2.05, 4.69) is 102 Å². The van der Waals surface area contributed by atoms with Crippen LogP contribution in [-0.4, -0.2) is 4.70 Å². The van der Waals surface area contributed by atoms with Gasteiger partial charge in [0.2, 0.25) is 11.4 Å². The minimum absolute atomic E-state index is 0. The molecule has 0 spiro atoms. The van der Waals surface area contributed by atoms with Crippen LogP contribution in [0, 0.1) is 25.7 Å². The molecule has 0 radical (unpaired) electrons. The number of hydrogen-bond acceptors (Lipinski definition) is 0. The first kappa shape index (κ1) is 63.7. The van der Waals surface area contributed by atoms with Crippen LogP contribution < -0.4 is 0 Å². The minimum atomic E-state index is 0. The van der Waals surface area contributed by atoms with Crippen molar-refractivity contribution < 1.29 is 25.1 Å². The molecule has 3 rings (SSSR count). The Balaban J connectivity index is 0.00000571. The number of hydrogen-bond donors (Lipinski definition) is 0. The number of benzene rings is 2. The number of unbranched alkanes of at least 4 members (excludes halogenated alkanes) is 28. The van der Waals surface area contributed by atoms with Gasteiger partial charge in [0, 0.05) is 23.1 Å². The molecular weight excluding hydrogens is 891 g/mol. The van der Waals surface area contributed by atoms with Crippen molar-refractivity contribution in [1.82, 2.24) is 0 Å². The van der Waals surface area contributed by atoms with Gasteiger partial charge in [0.1, 0.15) is 5.57 Å². The van der Waals surface area contributed by atoms with Crippen molar-refractivity contribution in [1.29, 1.82) is 0 Å². The van der Waals surface area contributed by atoms with E-state index in [4.69, 9.17) is 0 Å². The number of rotatable bonds is 36. The van der Waals surface area contributed by atoms with E-state index >= 15 is 0 Å². The summed E-state index contributed by atoms with van der Waals surface area (Å²) in [5, 5.41) is 0. The van der Waals surface area contributed by atoms with Crippen molar-refractivity contribution in [3.8, 4) is 11.8 Å². The normalized spacial score (nSPS) is 12.0. The van der Waals surface area contributed by atoms with Gasteiger partial charge < -0.3 is 19.4 Å². The van der Waals surface area contributed by atoms with Crippen LogP contribution in [0.1, 0.15) is 289 Å². The van der Waals surface area contributed by atoms with Crippen LogP contribution in [0.25, 0.3) is 16.9 Å². The van der Waals surface area contributed by atoms with Crippen molar-refractivity contribution in [2.24, 2.45) is 0 Å². The van der Waals surface area contributed by atoms with Gasteiger partial charge in [0.05, 0.1) is 0 Å². The number of aryl methyl sites for hydroxylation is 2. The van der Waals surface area contributed by atoms with Gasteiger partial charge in [-0.15, -0.1) is 0 Å². The Bertz CT molecular complexity index is 1570. The quantitative estimate of drug-likeness (QED) is 0.0214. The third-order valence-electron chi connectivity index (χ3n) is 12.7. The molecule has 0 aliphatic carbocycles. The van der Waals surface area contributed by atoms with E-state index in [1.54, 1.807) is 0 Å². The first-order chi connectivity index (χ1) is 32.0. The average molecular weight is 996 g/mol. The fourth-order valence-corrected chi connectivity index (χ4v) is 8.98. The molecule has 2 aromatic rings.